The molecule has 1 unspecified atom stereocenters. The van der Waals surface area contributed by atoms with Crippen molar-refractivity contribution in [3.8, 4) is 0 Å². The van der Waals surface area contributed by atoms with Crippen molar-refractivity contribution in [2.45, 2.75) is 5.25 Å². The van der Waals surface area contributed by atoms with Crippen LogP contribution in [0.1, 0.15) is 10.8 Å². The van der Waals surface area contributed by atoms with E-state index in [1.807, 2.05) is 32.3 Å². The smallest absolute Gasteiger partial charge is 0.151 e. The van der Waals surface area contributed by atoms with Gasteiger partial charge in [-0.2, -0.15) is 0 Å². The third kappa shape index (κ3) is 7.49. The van der Waals surface area contributed by atoms with Crippen molar-refractivity contribution in [1.29, 1.82) is 5.41 Å². The van der Waals surface area contributed by atoms with Crippen LogP contribution in [0.25, 0.3) is 0 Å². The molecular formula is C11H19Cl2N3S. The summed E-state index contributed by atoms with van der Waals surface area (Å²) in [6.45, 7) is 0.883. The highest BCUT2D eigenvalue weighted by Crippen LogP contribution is 2.28. The second kappa shape index (κ2) is 9.59. The van der Waals surface area contributed by atoms with Crippen molar-refractivity contribution in [3.63, 3.8) is 0 Å². The summed E-state index contributed by atoms with van der Waals surface area (Å²) in [5, 5.41) is 7.75. The van der Waals surface area contributed by atoms with Crippen LogP contribution in [-0.2, 0) is 0 Å². The minimum Gasteiger partial charge on any atom is -0.379 e. The number of nitrogens with two attached hydrogens (primary N) is 1. The van der Waals surface area contributed by atoms with Gasteiger partial charge in [0.1, 0.15) is 0 Å². The first kappa shape index (κ1) is 18.9. The van der Waals surface area contributed by atoms with Crippen molar-refractivity contribution in [2.75, 3.05) is 20.6 Å². The molecule has 1 aromatic carbocycles. The summed E-state index contributed by atoms with van der Waals surface area (Å²) >= 11 is 1.40. The molecule has 0 bridgehead atoms. The highest BCUT2D eigenvalue weighted by Gasteiger charge is 2.14. The summed E-state index contributed by atoms with van der Waals surface area (Å²) in [7, 11) is 4.05. The summed E-state index contributed by atoms with van der Waals surface area (Å²) in [6.07, 6.45) is 0. The van der Waals surface area contributed by atoms with Crippen LogP contribution in [0, 0.1) is 5.41 Å². The summed E-state index contributed by atoms with van der Waals surface area (Å²) in [5.74, 6) is 0. The van der Waals surface area contributed by atoms with E-state index < -0.39 is 0 Å². The van der Waals surface area contributed by atoms with E-state index in [9.17, 15) is 0 Å². The molecule has 0 fully saturated rings. The topological polar surface area (TPSA) is 53.1 Å². The van der Waals surface area contributed by atoms with E-state index in [4.69, 9.17) is 11.1 Å². The van der Waals surface area contributed by atoms with Gasteiger partial charge in [-0.25, -0.2) is 0 Å². The molecule has 98 valence electrons. The molecule has 1 atom stereocenters. The van der Waals surface area contributed by atoms with E-state index in [0.717, 1.165) is 6.54 Å². The number of halogens is 2. The average molecular weight is 296 g/mol. The maximum Gasteiger partial charge on any atom is 0.151 e. The molecule has 0 spiro atoms. The van der Waals surface area contributed by atoms with Crippen molar-refractivity contribution in [3.05, 3.63) is 35.9 Å². The van der Waals surface area contributed by atoms with Gasteiger partial charge in [-0.3, -0.25) is 5.41 Å². The second-order valence-corrected chi connectivity index (χ2v) is 4.89. The van der Waals surface area contributed by atoms with E-state index >= 15 is 0 Å². The summed E-state index contributed by atoms with van der Waals surface area (Å²) < 4.78 is 0. The van der Waals surface area contributed by atoms with Crippen LogP contribution >= 0.6 is 36.6 Å². The fourth-order valence-electron chi connectivity index (χ4n) is 1.36. The Balaban J connectivity index is 0. The highest BCUT2D eigenvalue weighted by atomic mass is 35.5. The van der Waals surface area contributed by atoms with Crippen molar-refractivity contribution in [1.82, 2.24) is 4.90 Å². The normalized spacial score (nSPS) is 11.2. The van der Waals surface area contributed by atoms with Gasteiger partial charge in [0.25, 0.3) is 0 Å². The van der Waals surface area contributed by atoms with Crippen LogP contribution in [0.2, 0.25) is 0 Å². The van der Waals surface area contributed by atoms with Crippen LogP contribution in [0.4, 0.5) is 0 Å². The quantitative estimate of drug-likeness (QED) is 0.663. The monoisotopic (exact) mass is 295 g/mol. The van der Waals surface area contributed by atoms with Crippen molar-refractivity contribution >= 4 is 41.7 Å². The lowest BCUT2D eigenvalue weighted by Gasteiger charge is -2.20. The summed E-state index contributed by atoms with van der Waals surface area (Å²) in [5.41, 5.74) is 6.65. The van der Waals surface area contributed by atoms with Gasteiger partial charge in [0.15, 0.2) is 5.17 Å². The molecule has 1 aromatic rings. The first-order valence-corrected chi connectivity index (χ1v) is 5.68. The third-order valence-corrected chi connectivity index (χ3v) is 2.93. The molecule has 1 rings (SSSR count). The molecular weight excluding hydrogens is 277 g/mol. The van der Waals surface area contributed by atoms with Crippen LogP contribution in [0.15, 0.2) is 30.3 Å². The largest absolute Gasteiger partial charge is 0.379 e. The fraction of sp³-hybridized carbons (Fsp3) is 0.364. The Morgan fingerprint density at radius 1 is 1.29 bits per heavy atom. The molecule has 0 amide bonds. The zero-order chi connectivity index (χ0) is 11.3. The Bertz CT molecular complexity index is 320. The SMILES string of the molecule is CN(C)CC(SC(=N)N)c1ccccc1.Cl.Cl. The number of hydrogen-bond donors (Lipinski definition) is 2. The second-order valence-electron chi connectivity index (χ2n) is 3.64. The van der Waals surface area contributed by atoms with E-state index in [1.165, 1.54) is 17.3 Å². The first-order valence-electron chi connectivity index (χ1n) is 4.80. The average Bonchev–Trinajstić information content (AvgIpc) is 2.17. The standard InChI is InChI=1S/C11H17N3S.2ClH/c1-14(2)8-10(15-11(12)13)9-6-4-3-5-7-9;;/h3-7,10H,8H2,1-2H3,(H3,12,13);2*1H. The Morgan fingerprint density at radius 2 is 1.82 bits per heavy atom. The Morgan fingerprint density at radius 3 is 2.24 bits per heavy atom. The number of nitrogens with one attached hydrogen (secondary N) is 1. The van der Waals surface area contributed by atoms with Crippen molar-refractivity contribution < 1.29 is 0 Å². The molecule has 0 saturated carbocycles. The predicted molar refractivity (Wildman–Crippen MR) is 81.7 cm³/mol. The first-order chi connectivity index (χ1) is 7.09. The molecule has 3 N–H and O–H groups in total. The zero-order valence-electron chi connectivity index (χ0n) is 9.92. The Kier molecular flexibility index (Phi) is 10.7. The van der Waals surface area contributed by atoms with E-state index in [2.05, 4.69) is 17.0 Å². The van der Waals surface area contributed by atoms with Crippen LogP contribution in [0.5, 0.6) is 0 Å². The Hall–Kier alpha value is -0.420. The lowest BCUT2D eigenvalue weighted by molar-refractivity contribution is 0.410. The van der Waals surface area contributed by atoms with E-state index in [0.29, 0.717) is 0 Å². The lowest BCUT2D eigenvalue weighted by Crippen LogP contribution is -2.20. The van der Waals surface area contributed by atoms with Gasteiger partial charge < -0.3 is 10.6 Å². The number of hydrogen-bond acceptors (Lipinski definition) is 3. The third-order valence-electron chi connectivity index (χ3n) is 1.97. The van der Waals surface area contributed by atoms with Gasteiger partial charge in [0.2, 0.25) is 0 Å². The summed E-state index contributed by atoms with van der Waals surface area (Å²) in [6, 6.07) is 10.2. The number of likely N-dealkylation sites (N-methyl/N-ethyl adjacent to an activating group) is 1. The van der Waals surface area contributed by atoms with E-state index in [-0.39, 0.29) is 35.2 Å². The zero-order valence-corrected chi connectivity index (χ0v) is 12.4. The van der Waals surface area contributed by atoms with Crippen LogP contribution in [-0.4, -0.2) is 30.7 Å². The minimum atomic E-state index is 0. The van der Waals surface area contributed by atoms with Gasteiger partial charge >= 0.3 is 0 Å². The van der Waals surface area contributed by atoms with E-state index in [1.54, 1.807) is 0 Å². The van der Waals surface area contributed by atoms with Gasteiger partial charge in [-0.1, -0.05) is 42.1 Å². The predicted octanol–water partition coefficient (Wildman–Crippen LogP) is 2.76. The Labute approximate surface area is 119 Å². The number of nitrogens with zero attached hydrogens (tertiary/aromatic N) is 1. The number of rotatable bonds is 4. The van der Waals surface area contributed by atoms with Gasteiger partial charge in [-0.05, 0) is 19.7 Å². The van der Waals surface area contributed by atoms with Crippen LogP contribution < -0.4 is 5.73 Å². The molecule has 0 heterocycles. The maximum atomic E-state index is 7.34. The number of thioether (sulfide) groups is 1. The highest BCUT2D eigenvalue weighted by molar-refractivity contribution is 8.13. The van der Waals surface area contributed by atoms with Crippen LogP contribution in [0.3, 0.4) is 0 Å². The molecule has 6 heteroatoms. The molecule has 0 saturated heterocycles. The van der Waals surface area contributed by atoms with Gasteiger partial charge in [-0.15, -0.1) is 24.8 Å². The summed E-state index contributed by atoms with van der Waals surface area (Å²) in [4.78, 5) is 2.10. The molecule has 0 aliphatic rings. The number of benzene rings is 1. The van der Waals surface area contributed by atoms with Gasteiger partial charge in [0.05, 0.1) is 5.25 Å². The molecule has 3 nitrogen and oxygen atoms in total. The van der Waals surface area contributed by atoms with Gasteiger partial charge in [0, 0.05) is 6.54 Å². The molecule has 17 heavy (non-hydrogen) atoms. The fourth-order valence-corrected chi connectivity index (χ4v) is 2.34. The molecule has 0 aliphatic heterocycles. The maximum absolute atomic E-state index is 7.34. The molecule has 0 radical (unpaired) electrons. The molecule has 0 aromatic heterocycles. The minimum absolute atomic E-state index is 0. The number of amidine groups is 1. The lowest BCUT2D eigenvalue weighted by atomic mass is 10.1. The molecule has 0 aliphatic carbocycles. The van der Waals surface area contributed by atoms with Crippen molar-refractivity contribution in [2.24, 2.45) is 5.73 Å².